The molecule has 0 aliphatic heterocycles. The lowest BCUT2D eigenvalue weighted by Crippen LogP contribution is -1.98. The van der Waals surface area contributed by atoms with Crippen molar-refractivity contribution in [1.82, 2.24) is 0 Å². The third-order valence-electron chi connectivity index (χ3n) is 2.82. The highest BCUT2D eigenvalue weighted by atomic mass is 35.5. The Morgan fingerprint density at radius 3 is 2.00 bits per heavy atom. The number of hydrogen-bond acceptors (Lipinski definition) is 4. The molecule has 2 aromatic rings. The van der Waals surface area contributed by atoms with E-state index >= 15 is 0 Å². The quantitative estimate of drug-likeness (QED) is 0.739. The van der Waals surface area contributed by atoms with Gasteiger partial charge in [-0.05, 0) is 29.8 Å². The van der Waals surface area contributed by atoms with Crippen LogP contribution in [0.3, 0.4) is 0 Å². The average molecular weight is 333 g/mol. The van der Waals surface area contributed by atoms with Gasteiger partial charge in [0.15, 0.2) is 11.5 Å². The maximum atomic E-state index is 6.50. The normalized spacial score (nSPS) is 12.1. The highest BCUT2D eigenvalue weighted by molar-refractivity contribution is 7.16. The molecule has 0 radical (unpaired) electrons. The van der Waals surface area contributed by atoms with Gasteiger partial charge in [-0.3, -0.25) is 0 Å². The summed E-state index contributed by atoms with van der Waals surface area (Å²) in [5.74, 6) is 1.71. The smallest absolute Gasteiger partial charge is 0.203 e. The van der Waals surface area contributed by atoms with Gasteiger partial charge in [0.05, 0.1) is 31.0 Å². The summed E-state index contributed by atoms with van der Waals surface area (Å²) in [4.78, 5) is 0.964. The van der Waals surface area contributed by atoms with Crippen molar-refractivity contribution in [2.75, 3.05) is 21.3 Å². The molecule has 0 bridgehead atoms. The van der Waals surface area contributed by atoms with Crippen LogP contribution in [-0.4, -0.2) is 21.3 Å². The molecule has 1 aromatic heterocycles. The summed E-state index contributed by atoms with van der Waals surface area (Å²) >= 11 is 13.9. The Labute approximate surface area is 132 Å². The van der Waals surface area contributed by atoms with E-state index in [1.54, 1.807) is 21.3 Å². The number of methoxy groups -OCH3 is 3. The number of thiophene rings is 1. The number of rotatable bonds is 5. The lowest BCUT2D eigenvalue weighted by molar-refractivity contribution is 0.324. The van der Waals surface area contributed by atoms with Crippen LogP contribution in [0, 0.1) is 0 Å². The van der Waals surface area contributed by atoms with Gasteiger partial charge >= 0.3 is 0 Å². The standard InChI is InChI=1S/C14H14Cl2O3S/c1-17-9-6-8(7-10(18-2)14(9)19-3)13(16)11-4-5-12(15)20-11/h4-7,13H,1-3H3. The Morgan fingerprint density at radius 2 is 1.60 bits per heavy atom. The molecule has 0 aliphatic rings. The summed E-state index contributed by atoms with van der Waals surface area (Å²) in [5.41, 5.74) is 0.861. The molecular weight excluding hydrogens is 319 g/mol. The maximum absolute atomic E-state index is 6.50. The Balaban J connectivity index is 2.46. The molecule has 0 spiro atoms. The van der Waals surface area contributed by atoms with Crippen molar-refractivity contribution in [1.29, 1.82) is 0 Å². The third kappa shape index (κ3) is 2.97. The van der Waals surface area contributed by atoms with E-state index in [9.17, 15) is 0 Å². The van der Waals surface area contributed by atoms with E-state index < -0.39 is 0 Å². The van der Waals surface area contributed by atoms with E-state index in [1.807, 2.05) is 24.3 Å². The zero-order valence-electron chi connectivity index (χ0n) is 11.3. The topological polar surface area (TPSA) is 27.7 Å². The minimum absolute atomic E-state index is 0.318. The minimum Gasteiger partial charge on any atom is -0.493 e. The zero-order valence-corrected chi connectivity index (χ0v) is 13.6. The Kier molecular flexibility index (Phi) is 5.02. The predicted molar refractivity (Wildman–Crippen MR) is 83.1 cm³/mol. The van der Waals surface area contributed by atoms with E-state index in [-0.39, 0.29) is 5.38 Å². The SMILES string of the molecule is COc1cc(C(Cl)c2ccc(Cl)s2)cc(OC)c1OC. The molecule has 108 valence electrons. The van der Waals surface area contributed by atoms with Crippen LogP contribution in [0.5, 0.6) is 17.2 Å². The fourth-order valence-corrected chi connectivity index (χ4v) is 3.28. The van der Waals surface area contributed by atoms with Crippen molar-refractivity contribution >= 4 is 34.5 Å². The molecule has 2 rings (SSSR count). The average Bonchev–Trinajstić information content (AvgIpc) is 2.91. The van der Waals surface area contributed by atoms with Crippen molar-refractivity contribution in [2.24, 2.45) is 0 Å². The molecule has 1 aromatic carbocycles. The largest absolute Gasteiger partial charge is 0.493 e. The molecular formula is C14H14Cl2O3S. The van der Waals surface area contributed by atoms with Crippen LogP contribution >= 0.6 is 34.5 Å². The summed E-state index contributed by atoms with van der Waals surface area (Å²) < 4.78 is 16.6. The molecule has 1 atom stereocenters. The van der Waals surface area contributed by atoms with Crippen LogP contribution in [0.1, 0.15) is 15.8 Å². The summed E-state index contributed by atoms with van der Waals surface area (Å²) in [6.45, 7) is 0. The second kappa shape index (κ2) is 6.57. The first-order valence-corrected chi connectivity index (χ1v) is 7.43. The van der Waals surface area contributed by atoms with Gasteiger partial charge in [0.1, 0.15) is 0 Å². The summed E-state index contributed by atoms with van der Waals surface area (Å²) in [6, 6.07) is 7.42. The lowest BCUT2D eigenvalue weighted by atomic mass is 10.1. The first-order valence-electron chi connectivity index (χ1n) is 5.80. The van der Waals surface area contributed by atoms with Crippen molar-refractivity contribution in [3.05, 3.63) is 39.0 Å². The molecule has 20 heavy (non-hydrogen) atoms. The van der Waals surface area contributed by atoms with Gasteiger partial charge in [-0.1, -0.05) is 11.6 Å². The second-order valence-corrected chi connectivity index (χ2v) is 6.15. The van der Waals surface area contributed by atoms with E-state index in [4.69, 9.17) is 37.4 Å². The van der Waals surface area contributed by atoms with Gasteiger partial charge in [-0.2, -0.15) is 0 Å². The van der Waals surface area contributed by atoms with Crippen molar-refractivity contribution in [3.63, 3.8) is 0 Å². The minimum atomic E-state index is -0.318. The van der Waals surface area contributed by atoms with E-state index in [0.717, 1.165) is 10.4 Å². The van der Waals surface area contributed by atoms with E-state index in [1.165, 1.54) is 11.3 Å². The molecule has 1 unspecified atom stereocenters. The lowest BCUT2D eigenvalue weighted by Gasteiger charge is -2.16. The molecule has 0 fully saturated rings. The molecule has 1 heterocycles. The van der Waals surface area contributed by atoms with E-state index in [0.29, 0.717) is 21.6 Å². The van der Waals surface area contributed by atoms with Crippen LogP contribution in [0.25, 0.3) is 0 Å². The van der Waals surface area contributed by atoms with Gasteiger partial charge < -0.3 is 14.2 Å². The monoisotopic (exact) mass is 332 g/mol. The molecule has 0 N–H and O–H groups in total. The molecule has 3 nitrogen and oxygen atoms in total. The first kappa shape index (κ1) is 15.3. The second-order valence-electron chi connectivity index (χ2n) is 3.96. The molecule has 0 amide bonds. The predicted octanol–water partition coefficient (Wildman–Crippen LogP) is 4.76. The number of halogens is 2. The Bertz CT molecular complexity index is 573. The van der Waals surface area contributed by atoms with Crippen LogP contribution in [0.15, 0.2) is 24.3 Å². The van der Waals surface area contributed by atoms with Crippen LogP contribution in [0.4, 0.5) is 0 Å². The van der Waals surface area contributed by atoms with Gasteiger partial charge in [-0.25, -0.2) is 0 Å². The van der Waals surface area contributed by atoms with Gasteiger partial charge in [0.2, 0.25) is 5.75 Å². The van der Waals surface area contributed by atoms with Crippen LogP contribution in [-0.2, 0) is 0 Å². The first-order chi connectivity index (χ1) is 9.60. The number of benzene rings is 1. The van der Waals surface area contributed by atoms with E-state index in [2.05, 4.69) is 0 Å². The number of alkyl halides is 1. The van der Waals surface area contributed by atoms with Crippen molar-refractivity contribution in [2.45, 2.75) is 5.38 Å². The summed E-state index contributed by atoms with van der Waals surface area (Å²) in [5, 5.41) is -0.318. The molecule has 6 heteroatoms. The third-order valence-corrected chi connectivity index (χ3v) is 4.74. The molecule has 0 saturated carbocycles. The zero-order chi connectivity index (χ0) is 14.7. The number of hydrogen-bond donors (Lipinski definition) is 0. The van der Waals surface area contributed by atoms with Gasteiger partial charge in [-0.15, -0.1) is 22.9 Å². The maximum Gasteiger partial charge on any atom is 0.203 e. The highest BCUT2D eigenvalue weighted by Crippen LogP contribution is 2.43. The summed E-state index contributed by atoms with van der Waals surface area (Å²) in [6.07, 6.45) is 0. The highest BCUT2D eigenvalue weighted by Gasteiger charge is 2.19. The van der Waals surface area contributed by atoms with Crippen LogP contribution in [0.2, 0.25) is 4.34 Å². The van der Waals surface area contributed by atoms with Crippen molar-refractivity contribution in [3.8, 4) is 17.2 Å². The fraction of sp³-hybridized carbons (Fsp3) is 0.286. The molecule has 0 aliphatic carbocycles. The fourth-order valence-electron chi connectivity index (χ4n) is 1.88. The Hall–Kier alpha value is -1.10. The number of ether oxygens (including phenoxy) is 3. The van der Waals surface area contributed by atoms with Crippen LogP contribution < -0.4 is 14.2 Å². The van der Waals surface area contributed by atoms with Gasteiger partial charge in [0, 0.05) is 4.88 Å². The molecule has 0 saturated heterocycles. The van der Waals surface area contributed by atoms with Crippen molar-refractivity contribution < 1.29 is 14.2 Å². The summed E-state index contributed by atoms with van der Waals surface area (Å²) in [7, 11) is 4.72. The van der Waals surface area contributed by atoms with Gasteiger partial charge in [0.25, 0.3) is 0 Å². The Morgan fingerprint density at radius 1 is 1.00 bits per heavy atom.